The predicted octanol–water partition coefficient (Wildman–Crippen LogP) is 4.72. The zero-order valence-corrected chi connectivity index (χ0v) is 16.1. The highest BCUT2D eigenvalue weighted by Crippen LogP contribution is 2.70. The number of ether oxygens (including phenoxy) is 1. The molecule has 7 heteroatoms. The third-order valence-electron chi connectivity index (χ3n) is 7.79. The van der Waals surface area contributed by atoms with E-state index in [1.54, 1.807) is 0 Å². The van der Waals surface area contributed by atoms with Crippen molar-refractivity contribution in [2.45, 2.75) is 31.0 Å². The highest BCUT2D eigenvalue weighted by molar-refractivity contribution is 5.49. The summed E-state index contributed by atoms with van der Waals surface area (Å²) in [6.45, 7) is 0.0926. The Morgan fingerprint density at radius 3 is 2.10 bits per heavy atom. The number of hydrogen-bond acceptors (Lipinski definition) is 5. The minimum absolute atomic E-state index is 0.0226. The summed E-state index contributed by atoms with van der Waals surface area (Å²) < 4.78 is 6.29. The number of nitrogens with zero attached hydrogens (tertiary/aromatic N) is 2. The second kappa shape index (κ2) is 6.22. The number of nitro benzene ring substituents is 2. The van der Waals surface area contributed by atoms with E-state index in [0.29, 0.717) is 41.1 Å². The molecule has 2 aromatic rings. The first-order chi connectivity index (χ1) is 14.5. The van der Waals surface area contributed by atoms with Crippen LogP contribution in [-0.2, 0) is 11.3 Å². The first kappa shape index (κ1) is 17.8. The molecule has 6 unspecified atom stereocenters. The average Bonchev–Trinajstić information content (AvgIpc) is 3.49. The lowest BCUT2D eigenvalue weighted by Crippen LogP contribution is -2.25. The highest BCUT2D eigenvalue weighted by Gasteiger charge is 2.63. The Morgan fingerprint density at radius 1 is 0.900 bits per heavy atom. The van der Waals surface area contributed by atoms with Gasteiger partial charge in [-0.05, 0) is 47.3 Å². The van der Waals surface area contributed by atoms with Gasteiger partial charge in [-0.2, -0.15) is 0 Å². The van der Waals surface area contributed by atoms with E-state index < -0.39 is 9.85 Å². The van der Waals surface area contributed by atoms with E-state index in [9.17, 15) is 20.2 Å². The lowest BCUT2D eigenvalue weighted by molar-refractivity contribution is -0.394. The maximum Gasteiger partial charge on any atom is 0.281 e. The maximum atomic E-state index is 11.4. The lowest BCUT2D eigenvalue weighted by Gasteiger charge is -2.33. The predicted molar refractivity (Wildman–Crippen MR) is 108 cm³/mol. The summed E-state index contributed by atoms with van der Waals surface area (Å²) in [6.07, 6.45) is 5.81. The summed E-state index contributed by atoms with van der Waals surface area (Å²) in [7, 11) is 0. The van der Waals surface area contributed by atoms with E-state index in [2.05, 4.69) is 36.4 Å². The van der Waals surface area contributed by atoms with Gasteiger partial charge in [0.2, 0.25) is 0 Å². The van der Waals surface area contributed by atoms with Crippen LogP contribution in [0.4, 0.5) is 11.4 Å². The molecular formula is C23H20N2O5. The normalized spacial score (nSPS) is 34.2. The van der Waals surface area contributed by atoms with Crippen LogP contribution < -0.4 is 0 Å². The van der Waals surface area contributed by atoms with E-state index >= 15 is 0 Å². The Labute approximate surface area is 172 Å². The van der Waals surface area contributed by atoms with Crippen molar-refractivity contribution in [1.29, 1.82) is 0 Å². The zero-order valence-electron chi connectivity index (χ0n) is 16.1. The summed E-state index contributed by atoms with van der Waals surface area (Å²) in [5.74, 6) is 2.99. The SMILES string of the molecule is O=[N+]([O-])c1ccc(COC2C3C=CC2C2C4CC(c5ccccc54)C32)c([N+](=O)[O-])c1. The number of fused-ring (bicyclic) bond motifs is 12. The zero-order chi connectivity index (χ0) is 20.6. The van der Waals surface area contributed by atoms with E-state index in [0.717, 1.165) is 6.07 Å². The quantitative estimate of drug-likeness (QED) is 0.311. The van der Waals surface area contributed by atoms with Crippen LogP contribution in [0, 0.1) is 43.9 Å². The Hall–Kier alpha value is -3.06. The van der Waals surface area contributed by atoms with Crippen molar-refractivity contribution in [3.8, 4) is 0 Å². The molecule has 152 valence electrons. The minimum Gasteiger partial charge on any atom is -0.372 e. The molecule has 2 fully saturated rings. The van der Waals surface area contributed by atoms with Crippen LogP contribution in [0.1, 0.15) is 34.9 Å². The van der Waals surface area contributed by atoms with Gasteiger partial charge in [0.15, 0.2) is 0 Å². The Morgan fingerprint density at radius 2 is 1.53 bits per heavy atom. The smallest absolute Gasteiger partial charge is 0.281 e. The number of nitro groups is 2. The van der Waals surface area contributed by atoms with Crippen molar-refractivity contribution >= 4 is 11.4 Å². The number of non-ortho nitro benzene ring substituents is 1. The summed E-state index contributed by atoms with van der Waals surface area (Å²) in [5.41, 5.74) is 2.84. The third-order valence-corrected chi connectivity index (χ3v) is 7.79. The van der Waals surface area contributed by atoms with Gasteiger partial charge in [-0.3, -0.25) is 20.2 Å². The molecule has 30 heavy (non-hydrogen) atoms. The van der Waals surface area contributed by atoms with E-state index in [1.807, 2.05) is 0 Å². The number of hydrogen-bond donors (Lipinski definition) is 0. The van der Waals surface area contributed by atoms with Crippen molar-refractivity contribution in [3.05, 3.63) is 91.5 Å². The molecule has 4 bridgehead atoms. The van der Waals surface area contributed by atoms with Gasteiger partial charge >= 0.3 is 0 Å². The molecule has 0 amide bonds. The second-order valence-electron chi connectivity index (χ2n) is 8.87. The molecule has 2 saturated carbocycles. The van der Waals surface area contributed by atoms with Crippen molar-refractivity contribution < 1.29 is 14.6 Å². The first-order valence-corrected chi connectivity index (χ1v) is 10.3. The van der Waals surface area contributed by atoms with E-state index in [4.69, 9.17) is 4.74 Å². The van der Waals surface area contributed by atoms with Gasteiger partial charge in [-0.25, -0.2) is 0 Å². The Bertz CT molecular complexity index is 1070. The van der Waals surface area contributed by atoms with Crippen LogP contribution in [-0.4, -0.2) is 16.0 Å². The summed E-state index contributed by atoms with van der Waals surface area (Å²) in [6, 6.07) is 12.5. The molecule has 0 aromatic heterocycles. The molecule has 4 aliphatic rings. The first-order valence-electron chi connectivity index (χ1n) is 10.3. The van der Waals surface area contributed by atoms with Gasteiger partial charge in [-0.15, -0.1) is 0 Å². The molecular weight excluding hydrogens is 384 g/mol. The van der Waals surface area contributed by atoms with Gasteiger partial charge in [0.05, 0.1) is 34.2 Å². The highest BCUT2D eigenvalue weighted by atomic mass is 16.6. The van der Waals surface area contributed by atoms with Gasteiger partial charge in [0.25, 0.3) is 11.4 Å². The van der Waals surface area contributed by atoms with Crippen molar-refractivity contribution in [2.24, 2.45) is 23.7 Å². The van der Waals surface area contributed by atoms with Crippen LogP contribution >= 0.6 is 0 Å². The lowest BCUT2D eigenvalue weighted by atomic mass is 9.71. The van der Waals surface area contributed by atoms with Gasteiger partial charge in [0, 0.05) is 17.9 Å². The Balaban J connectivity index is 1.25. The molecule has 6 atom stereocenters. The molecule has 0 radical (unpaired) electrons. The van der Waals surface area contributed by atoms with Crippen molar-refractivity contribution in [3.63, 3.8) is 0 Å². The summed E-state index contributed by atoms with van der Waals surface area (Å²) in [5, 5.41) is 22.4. The van der Waals surface area contributed by atoms with Crippen molar-refractivity contribution in [1.82, 2.24) is 0 Å². The molecule has 0 saturated heterocycles. The van der Waals surface area contributed by atoms with Crippen LogP contribution in [0.25, 0.3) is 0 Å². The van der Waals surface area contributed by atoms with Gasteiger partial charge in [-0.1, -0.05) is 36.4 Å². The summed E-state index contributed by atoms with van der Waals surface area (Å²) >= 11 is 0. The third kappa shape index (κ3) is 2.29. The van der Waals surface area contributed by atoms with Crippen LogP contribution in [0.2, 0.25) is 0 Å². The summed E-state index contributed by atoms with van der Waals surface area (Å²) in [4.78, 5) is 21.2. The fourth-order valence-electron chi connectivity index (χ4n) is 6.82. The molecule has 0 N–H and O–H groups in total. The molecule has 0 heterocycles. The molecule has 6 rings (SSSR count). The van der Waals surface area contributed by atoms with Gasteiger partial charge in [0.1, 0.15) is 0 Å². The van der Waals surface area contributed by atoms with Gasteiger partial charge < -0.3 is 4.74 Å². The second-order valence-corrected chi connectivity index (χ2v) is 8.87. The number of rotatable bonds is 5. The maximum absolute atomic E-state index is 11.4. The van der Waals surface area contributed by atoms with Crippen LogP contribution in [0.5, 0.6) is 0 Å². The fourth-order valence-corrected chi connectivity index (χ4v) is 6.82. The monoisotopic (exact) mass is 404 g/mol. The van der Waals surface area contributed by atoms with E-state index in [1.165, 1.54) is 29.7 Å². The topological polar surface area (TPSA) is 95.5 Å². The molecule has 0 aliphatic heterocycles. The molecule has 4 aliphatic carbocycles. The molecule has 0 spiro atoms. The van der Waals surface area contributed by atoms with E-state index in [-0.39, 0.29) is 24.1 Å². The fraction of sp³-hybridized carbons (Fsp3) is 0.391. The standard InChI is InChI=1S/C23H20N2O5/c26-24(27)13-6-5-12(20(9-13)25(28)29)11-30-23-16-7-8-17(23)22-19-10-18(21(16)22)14-3-1-2-4-15(14)19/h1-9,16-19,21-23H,10-11H2. The molecule has 7 nitrogen and oxygen atoms in total. The van der Waals surface area contributed by atoms with Crippen molar-refractivity contribution in [2.75, 3.05) is 0 Å². The largest absolute Gasteiger partial charge is 0.372 e. The van der Waals surface area contributed by atoms with Crippen LogP contribution in [0.15, 0.2) is 54.6 Å². The van der Waals surface area contributed by atoms with Crippen LogP contribution in [0.3, 0.4) is 0 Å². The average molecular weight is 404 g/mol. The minimum atomic E-state index is -0.618. The number of benzene rings is 2. The molecule has 2 aromatic carbocycles. The Kier molecular flexibility index (Phi) is 3.68.